The molecule has 0 bridgehead atoms. The predicted molar refractivity (Wildman–Crippen MR) is 125 cm³/mol. The van der Waals surface area contributed by atoms with E-state index in [4.69, 9.17) is 0 Å². The quantitative estimate of drug-likeness (QED) is 0.585. The molecule has 0 heterocycles. The van der Waals surface area contributed by atoms with Gasteiger partial charge in [-0.25, -0.2) is 0 Å². The lowest BCUT2D eigenvalue weighted by molar-refractivity contribution is -0.126. The molecule has 0 atom stereocenters. The maximum atomic E-state index is 10.1. The third-order valence-corrected chi connectivity index (χ3v) is 2.80. The van der Waals surface area contributed by atoms with Gasteiger partial charge < -0.3 is 15.0 Å². The molecule has 0 aliphatic rings. The Bertz CT molecular complexity index is 350. The minimum Gasteiger partial charge on any atom is -0.491 e. The second-order valence-corrected chi connectivity index (χ2v) is 7.80. The minimum atomic E-state index is 0.00463. The standard InChI is InChI=1S/C4H9NO.C3H7NO.C3H6OS.C3H6S2.C3H6S/c1-4(6)5(2)3;2*1-3(5)4-2;1-3(4)5-2;1-3(2)4/h1-3H3;1-2H3,(H,4,5);2*1-2H3;1-2H3. The highest BCUT2D eigenvalue weighted by molar-refractivity contribution is 8.22. The van der Waals surface area contributed by atoms with Crippen LogP contribution in [-0.4, -0.2) is 65.3 Å². The maximum Gasteiger partial charge on any atom is 0.218 e. The number of ether oxygens (including phenoxy) is 1. The Morgan fingerprint density at radius 1 is 0.960 bits per heavy atom. The summed E-state index contributed by atoms with van der Waals surface area (Å²) in [6, 6.07) is 0. The summed E-state index contributed by atoms with van der Waals surface area (Å²) in [5.41, 5.74) is 0. The van der Waals surface area contributed by atoms with Crippen LogP contribution in [0.3, 0.4) is 0 Å². The molecule has 0 rings (SSSR count). The molecule has 0 saturated carbocycles. The van der Waals surface area contributed by atoms with Gasteiger partial charge in [0.05, 0.1) is 7.11 Å². The Morgan fingerprint density at radius 3 is 1.12 bits per heavy atom. The molecule has 5 nitrogen and oxygen atoms in total. The molecule has 9 heteroatoms. The molecule has 0 fully saturated rings. The number of rotatable bonds is 0. The van der Waals surface area contributed by atoms with Crippen molar-refractivity contribution in [1.29, 1.82) is 0 Å². The van der Waals surface area contributed by atoms with Gasteiger partial charge >= 0.3 is 0 Å². The van der Waals surface area contributed by atoms with E-state index in [1.54, 1.807) is 46.9 Å². The Kier molecular flexibility index (Phi) is 40.0. The average Bonchev–Trinajstić information content (AvgIpc) is 2.48. The van der Waals surface area contributed by atoms with Crippen molar-refractivity contribution < 1.29 is 14.3 Å². The van der Waals surface area contributed by atoms with E-state index in [1.165, 1.54) is 18.7 Å². The summed E-state index contributed by atoms with van der Waals surface area (Å²) in [5.74, 6) is 0.0972. The summed E-state index contributed by atoms with van der Waals surface area (Å²) in [6.07, 6.45) is 1.97. The van der Waals surface area contributed by atoms with E-state index in [2.05, 4.69) is 46.7 Å². The third-order valence-electron chi connectivity index (χ3n) is 1.56. The Balaban J connectivity index is -0.0000000671. The number of hydrogen-bond donors (Lipinski definition) is 1. The number of amides is 2. The number of methoxy groups -OCH3 is 1. The molecule has 25 heavy (non-hydrogen) atoms. The first kappa shape index (κ1) is 35.5. The zero-order valence-corrected chi connectivity index (χ0v) is 20.6. The van der Waals surface area contributed by atoms with Gasteiger partial charge in [-0.15, -0.1) is 11.8 Å². The molecule has 2 amide bonds. The number of thiocarbonyl (C=S) groups is 3. The highest BCUT2D eigenvalue weighted by Gasteiger charge is 1.87. The molecular weight excluding hydrogens is 396 g/mol. The Labute approximate surface area is 174 Å². The first-order valence-electron chi connectivity index (χ1n) is 7.11. The number of nitrogens with zero attached hydrogens (tertiary/aromatic N) is 1. The summed E-state index contributed by atoms with van der Waals surface area (Å²) in [6.45, 7) is 10.4. The van der Waals surface area contributed by atoms with E-state index in [-0.39, 0.29) is 11.8 Å². The van der Waals surface area contributed by atoms with Crippen molar-refractivity contribution >= 4 is 74.3 Å². The van der Waals surface area contributed by atoms with Gasteiger partial charge in [-0.3, -0.25) is 9.59 Å². The minimum absolute atomic E-state index is 0.00463. The van der Waals surface area contributed by atoms with Crippen LogP contribution in [0.15, 0.2) is 0 Å². The predicted octanol–water partition coefficient (Wildman–Crippen LogP) is 3.92. The van der Waals surface area contributed by atoms with Crippen LogP contribution >= 0.6 is 48.4 Å². The van der Waals surface area contributed by atoms with Gasteiger partial charge in [0, 0.05) is 46.1 Å². The molecular formula is C16H34N2O3S4. The zero-order chi connectivity index (χ0) is 21.6. The molecule has 0 aliphatic carbocycles. The molecule has 150 valence electrons. The summed E-state index contributed by atoms with van der Waals surface area (Å²) in [7, 11) is 6.61. The fourth-order valence-electron chi connectivity index (χ4n) is 0. The highest BCUT2D eigenvalue weighted by Crippen LogP contribution is 1.92. The van der Waals surface area contributed by atoms with Crippen LogP contribution in [0.1, 0.15) is 41.5 Å². The maximum absolute atomic E-state index is 10.1. The first-order valence-corrected chi connectivity index (χ1v) is 9.56. The summed E-state index contributed by atoms with van der Waals surface area (Å²) >= 11 is 15.3. The topological polar surface area (TPSA) is 58.6 Å². The van der Waals surface area contributed by atoms with Gasteiger partial charge in [0.2, 0.25) is 11.8 Å². The van der Waals surface area contributed by atoms with Crippen molar-refractivity contribution in [2.75, 3.05) is 34.5 Å². The van der Waals surface area contributed by atoms with Gasteiger partial charge in [0.1, 0.15) is 0 Å². The smallest absolute Gasteiger partial charge is 0.218 e. The van der Waals surface area contributed by atoms with Gasteiger partial charge in [0.15, 0.2) is 5.05 Å². The van der Waals surface area contributed by atoms with Crippen molar-refractivity contribution in [3.63, 3.8) is 0 Å². The van der Waals surface area contributed by atoms with E-state index >= 15 is 0 Å². The van der Waals surface area contributed by atoms with Gasteiger partial charge in [0.25, 0.3) is 0 Å². The monoisotopic (exact) mass is 430 g/mol. The third kappa shape index (κ3) is 122. The zero-order valence-electron chi connectivity index (χ0n) is 17.3. The largest absolute Gasteiger partial charge is 0.491 e. The Morgan fingerprint density at radius 2 is 1.12 bits per heavy atom. The number of nitrogens with one attached hydrogen (secondary N) is 1. The molecule has 0 aromatic rings. The molecule has 0 aromatic carbocycles. The van der Waals surface area contributed by atoms with Crippen molar-refractivity contribution in [2.24, 2.45) is 0 Å². The van der Waals surface area contributed by atoms with E-state index in [1.807, 2.05) is 27.0 Å². The second-order valence-electron chi connectivity index (χ2n) is 4.52. The normalized spacial score (nSPS) is 7.16. The summed E-state index contributed by atoms with van der Waals surface area (Å²) in [5, 5.41) is 2.98. The molecule has 1 N–H and O–H groups in total. The van der Waals surface area contributed by atoms with Crippen molar-refractivity contribution in [3.8, 4) is 0 Å². The van der Waals surface area contributed by atoms with Crippen LogP contribution in [-0.2, 0) is 14.3 Å². The van der Waals surface area contributed by atoms with Crippen LogP contribution < -0.4 is 5.32 Å². The van der Waals surface area contributed by atoms with E-state index in [0.717, 1.165) is 9.06 Å². The summed E-state index contributed by atoms with van der Waals surface area (Å²) < 4.78 is 5.49. The van der Waals surface area contributed by atoms with Crippen LogP contribution in [0, 0.1) is 0 Å². The molecule has 0 unspecified atom stereocenters. The molecule has 0 spiro atoms. The van der Waals surface area contributed by atoms with E-state index in [0.29, 0.717) is 5.05 Å². The van der Waals surface area contributed by atoms with Gasteiger partial charge in [-0.05, 0) is 44.1 Å². The molecule has 0 radical (unpaired) electrons. The molecule has 0 saturated heterocycles. The van der Waals surface area contributed by atoms with Crippen LogP contribution in [0.25, 0.3) is 0 Å². The van der Waals surface area contributed by atoms with Crippen molar-refractivity contribution in [3.05, 3.63) is 0 Å². The van der Waals surface area contributed by atoms with Gasteiger partial charge in [-0.1, -0.05) is 24.4 Å². The van der Waals surface area contributed by atoms with Crippen LogP contribution in [0.5, 0.6) is 0 Å². The summed E-state index contributed by atoms with van der Waals surface area (Å²) in [4.78, 5) is 22.3. The lowest BCUT2D eigenvalue weighted by Crippen LogP contribution is -2.17. The average molecular weight is 431 g/mol. The number of carbonyl (C=O) groups excluding carboxylic acids is 2. The first-order chi connectivity index (χ1) is 11.2. The van der Waals surface area contributed by atoms with Crippen LogP contribution in [0.2, 0.25) is 0 Å². The molecule has 0 aliphatic heterocycles. The SMILES string of the molecule is CC(=O)N(C)C.CC(C)=S.CNC(C)=O.COC(C)=S.CSC(C)=S. The molecule has 0 aromatic heterocycles. The number of thioether (sulfide) groups is 1. The van der Waals surface area contributed by atoms with Crippen molar-refractivity contribution in [1.82, 2.24) is 10.2 Å². The fraction of sp³-hybridized carbons (Fsp3) is 0.688. The number of hydrogen-bond acceptors (Lipinski definition) is 7. The highest BCUT2D eigenvalue weighted by atomic mass is 32.2. The van der Waals surface area contributed by atoms with Crippen LogP contribution in [0.4, 0.5) is 0 Å². The van der Waals surface area contributed by atoms with Crippen molar-refractivity contribution in [2.45, 2.75) is 41.5 Å². The van der Waals surface area contributed by atoms with E-state index in [9.17, 15) is 9.59 Å². The lowest BCUT2D eigenvalue weighted by Gasteiger charge is -2.02. The second kappa shape index (κ2) is 28.2. The van der Waals surface area contributed by atoms with Gasteiger partial charge in [-0.2, -0.15) is 0 Å². The Hall–Kier alpha value is -0.640. The number of carbonyl (C=O) groups is 2. The fourth-order valence-corrected chi connectivity index (χ4v) is 0. The lowest BCUT2D eigenvalue weighted by atomic mass is 10.6. The van der Waals surface area contributed by atoms with E-state index < -0.39 is 0 Å².